The molecular formula is C10H9P. The maximum absolute atomic E-state index is 3.72. The number of fused-ring (bicyclic) bond motifs is 1. The van der Waals surface area contributed by atoms with Crippen LogP contribution in [0.1, 0.15) is 6.42 Å². The van der Waals surface area contributed by atoms with Crippen LogP contribution in [-0.2, 0) is 0 Å². The zero-order valence-corrected chi connectivity index (χ0v) is 7.14. The van der Waals surface area contributed by atoms with Crippen LogP contribution in [0.3, 0.4) is 0 Å². The van der Waals surface area contributed by atoms with Crippen molar-refractivity contribution < 1.29 is 0 Å². The van der Waals surface area contributed by atoms with E-state index in [9.17, 15) is 0 Å². The van der Waals surface area contributed by atoms with Gasteiger partial charge < -0.3 is 0 Å². The lowest BCUT2D eigenvalue weighted by Gasteiger charge is -1.87. The first-order valence-corrected chi connectivity index (χ1v) is 4.70. The zero-order chi connectivity index (χ0) is 7.68. The van der Waals surface area contributed by atoms with Crippen molar-refractivity contribution in [3.05, 3.63) is 47.3 Å². The Bertz CT molecular complexity index is 314. The standard InChI is InChI=1S/C10H9P/c1-2-3-8-4-9-6-11-7-10(9)5-8/h2,4-7H,1,3H2. The number of hydrogen-bond acceptors (Lipinski definition) is 0. The summed E-state index contributed by atoms with van der Waals surface area (Å²) in [6.45, 7) is 3.72. The minimum absolute atomic E-state index is 0.992. The minimum Gasteiger partial charge on any atom is -0.103 e. The largest absolute Gasteiger partial charge is 0.103 e. The number of hydrogen-bond donors (Lipinski definition) is 0. The maximum atomic E-state index is 3.72. The third kappa shape index (κ3) is 1.15. The van der Waals surface area contributed by atoms with E-state index in [0.717, 1.165) is 6.42 Å². The lowest BCUT2D eigenvalue weighted by atomic mass is 10.2. The Morgan fingerprint density at radius 1 is 1.36 bits per heavy atom. The Labute approximate surface area is 68.4 Å². The highest BCUT2D eigenvalue weighted by atomic mass is 31.1. The molecule has 0 saturated heterocycles. The summed E-state index contributed by atoms with van der Waals surface area (Å²) < 4.78 is 0. The van der Waals surface area contributed by atoms with E-state index in [4.69, 9.17) is 0 Å². The molecule has 0 amide bonds. The zero-order valence-electron chi connectivity index (χ0n) is 6.25. The van der Waals surface area contributed by atoms with Crippen LogP contribution in [0, 0.1) is 0 Å². The van der Waals surface area contributed by atoms with Crippen molar-refractivity contribution in [1.29, 1.82) is 0 Å². The minimum atomic E-state index is 0.992. The second-order valence-corrected chi connectivity index (χ2v) is 3.49. The number of rotatable bonds is 2. The summed E-state index contributed by atoms with van der Waals surface area (Å²) in [5.74, 6) is 4.48. The summed E-state index contributed by atoms with van der Waals surface area (Å²) in [7, 11) is 1.33. The summed E-state index contributed by atoms with van der Waals surface area (Å²) in [5.41, 5.74) is 4.17. The molecule has 1 heteroatoms. The van der Waals surface area contributed by atoms with E-state index in [0.29, 0.717) is 0 Å². The van der Waals surface area contributed by atoms with Gasteiger partial charge in [0, 0.05) is 0 Å². The highest BCUT2D eigenvalue weighted by Gasteiger charge is 2.11. The molecule has 54 valence electrons. The van der Waals surface area contributed by atoms with Crippen LogP contribution in [0.25, 0.3) is 0 Å². The van der Waals surface area contributed by atoms with Crippen molar-refractivity contribution in [2.75, 3.05) is 0 Å². The number of allylic oxidation sites excluding steroid dienone is 6. The fourth-order valence-electron chi connectivity index (χ4n) is 1.31. The third-order valence-electron chi connectivity index (χ3n) is 1.82. The Morgan fingerprint density at radius 3 is 3.00 bits per heavy atom. The highest BCUT2D eigenvalue weighted by molar-refractivity contribution is 7.43. The Morgan fingerprint density at radius 2 is 2.27 bits per heavy atom. The normalized spacial score (nSPS) is 20.5. The van der Waals surface area contributed by atoms with Gasteiger partial charge in [-0.25, -0.2) is 0 Å². The molecule has 0 aromatic heterocycles. The predicted octanol–water partition coefficient (Wildman–Crippen LogP) is 3.07. The van der Waals surface area contributed by atoms with Crippen LogP contribution in [-0.4, -0.2) is 5.80 Å². The van der Waals surface area contributed by atoms with Crippen molar-refractivity contribution in [2.45, 2.75) is 6.42 Å². The molecule has 0 nitrogen and oxygen atoms in total. The predicted molar refractivity (Wildman–Crippen MR) is 52.0 cm³/mol. The molecule has 1 heterocycles. The molecule has 0 aromatic carbocycles. The molecule has 0 unspecified atom stereocenters. The molecule has 0 spiro atoms. The molecule has 0 saturated carbocycles. The Kier molecular flexibility index (Phi) is 1.63. The van der Waals surface area contributed by atoms with E-state index in [1.807, 2.05) is 6.08 Å². The van der Waals surface area contributed by atoms with Crippen molar-refractivity contribution in [1.82, 2.24) is 0 Å². The molecule has 0 radical (unpaired) electrons. The van der Waals surface area contributed by atoms with E-state index >= 15 is 0 Å². The van der Waals surface area contributed by atoms with Gasteiger partial charge in [0.15, 0.2) is 0 Å². The summed E-state index contributed by atoms with van der Waals surface area (Å²) in [6, 6.07) is 0. The van der Waals surface area contributed by atoms with E-state index in [-0.39, 0.29) is 0 Å². The Balaban J connectivity index is 2.26. The topological polar surface area (TPSA) is 0 Å². The van der Waals surface area contributed by atoms with Crippen LogP contribution in [0.5, 0.6) is 0 Å². The Hall–Kier alpha value is -0.870. The van der Waals surface area contributed by atoms with Crippen molar-refractivity contribution in [3.63, 3.8) is 0 Å². The highest BCUT2D eigenvalue weighted by Crippen LogP contribution is 2.31. The maximum Gasteiger partial charge on any atom is -0.00997 e. The summed E-state index contributed by atoms with van der Waals surface area (Å²) >= 11 is 0. The summed E-state index contributed by atoms with van der Waals surface area (Å²) in [5, 5.41) is 0. The van der Waals surface area contributed by atoms with Crippen LogP contribution >= 0.6 is 8.20 Å². The van der Waals surface area contributed by atoms with Gasteiger partial charge in [-0.05, 0) is 34.8 Å². The lowest BCUT2D eigenvalue weighted by Crippen LogP contribution is -1.73. The molecule has 0 atom stereocenters. The van der Waals surface area contributed by atoms with Crippen molar-refractivity contribution >= 4 is 14.0 Å². The van der Waals surface area contributed by atoms with E-state index in [1.54, 1.807) is 0 Å². The summed E-state index contributed by atoms with van der Waals surface area (Å²) in [6.07, 6.45) is 7.43. The smallest absolute Gasteiger partial charge is 0.00997 e. The molecule has 2 rings (SSSR count). The van der Waals surface area contributed by atoms with Gasteiger partial charge in [0.1, 0.15) is 0 Å². The average molecular weight is 160 g/mol. The van der Waals surface area contributed by atoms with E-state index in [2.05, 4.69) is 30.3 Å². The van der Waals surface area contributed by atoms with Gasteiger partial charge in [-0.15, -0.1) is 6.58 Å². The molecule has 0 bridgehead atoms. The first-order chi connectivity index (χ1) is 5.40. The SMILES string of the molecule is C=CCC1=CC2=CP=CC2=C1. The molecule has 0 fully saturated rings. The summed E-state index contributed by atoms with van der Waals surface area (Å²) in [4.78, 5) is 0. The van der Waals surface area contributed by atoms with Gasteiger partial charge >= 0.3 is 0 Å². The van der Waals surface area contributed by atoms with Gasteiger partial charge in [0.25, 0.3) is 0 Å². The molecule has 0 N–H and O–H groups in total. The molecule has 11 heavy (non-hydrogen) atoms. The quantitative estimate of drug-likeness (QED) is 0.430. The van der Waals surface area contributed by atoms with Gasteiger partial charge in [-0.1, -0.05) is 26.4 Å². The van der Waals surface area contributed by atoms with Gasteiger partial charge in [-0.3, -0.25) is 0 Å². The van der Waals surface area contributed by atoms with E-state index in [1.165, 1.54) is 24.9 Å². The van der Waals surface area contributed by atoms with Crippen LogP contribution in [0.2, 0.25) is 0 Å². The van der Waals surface area contributed by atoms with Gasteiger partial charge in [-0.2, -0.15) is 0 Å². The molecule has 1 aliphatic heterocycles. The molecule has 0 aromatic rings. The van der Waals surface area contributed by atoms with Gasteiger partial charge in [0.05, 0.1) is 0 Å². The second-order valence-electron chi connectivity index (χ2n) is 2.67. The third-order valence-corrected chi connectivity index (χ3v) is 2.68. The van der Waals surface area contributed by atoms with Crippen LogP contribution < -0.4 is 0 Å². The van der Waals surface area contributed by atoms with Crippen molar-refractivity contribution in [2.24, 2.45) is 0 Å². The molecule has 2 aliphatic rings. The first-order valence-electron chi connectivity index (χ1n) is 3.67. The average Bonchev–Trinajstić information content (AvgIpc) is 2.46. The molecular weight excluding hydrogens is 151 g/mol. The lowest BCUT2D eigenvalue weighted by molar-refractivity contribution is 1.31. The van der Waals surface area contributed by atoms with Crippen LogP contribution in [0.4, 0.5) is 0 Å². The van der Waals surface area contributed by atoms with E-state index < -0.39 is 0 Å². The van der Waals surface area contributed by atoms with Crippen LogP contribution in [0.15, 0.2) is 47.3 Å². The first kappa shape index (κ1) is 6.82. The van der Waals surface area contributed by atoms with Crippen molar-refractivity contribution in [3.8, 4) is 0 Å². The fraction of sp³-hybridized carbons (Fsp3) is 0.100. The fourth-order valence-corrected chi connectivity index (χ4v) is 2.16. The van der Waals surface area contributed by atoms with Gasteiger partial charge in [0.2, 0.25) is 0 Å². The monoisotopic (exact) mass is 160 g/mol. The second kappa shape index (κ2) is 2.64. The molecule has 1 aliphatic carbocycles.